The highest BCUT2D eigenvalue weighted by molar-refractivity contribution is 8.18. The van der Waals surface area contributed by atoms with E-state index in [4.69, 9.17) is 21.1 Å². The Hall–Kier alpha value is -4.27. The number of hydrogen-bond acceptors (Lipinski definition) is 6. The van der Waals surface area contributed by atoms with Crippen molar-refractivity contribution in [3.05, 3.63) is 106 Å². The minimum absolute atomic E-state index is 0.219. The molecule has 0 atom stereocenters. The summed E-state index contributed by atoms with van der Waals surface area (Å²) in [5.41, 5.74) is 2.23. The number of amides is 3. The number of carbonyl (C=O) groups is 3. The second-order valence-corrected chi connectivity index (χ2v) is 10.3. The zero-order valence-electron chi connectivity index (χ0n) is 21.6. The van der Waals surface area contributed by atoms with Crippen molar-refractivity contribution < 1.29 is 23.9 Å². The fraction of sp³-hybridized carbons (Fsp3) is 0.129. The van der Waals surface area contributed by atoms with Gasteiger partial charge in [-0.2, -0.15) is 0 Å². The lowest BCUT2D eigenvalue weighted by atomic mass is 10.1. The second kappa shape index (κ2) is 12.3. The van der Waals surface area contributed by atoms with Crippen LogP contribution in [0.1, 0.15) is 18.1 Å². The Labute approximate surface area is 240 Å². The topological polar surface area (TPSA) is 84.9 Å². The van der Waals surface area contributed by atoms with Crippen molar-refractivity contribution in [3.8, 4) is 11.5 Å². The maximum Gasteiger partial charge on any atom is 0.294 e. The van der Waals surface area contributed by atoms with Crippen LogP contribution in [0.15, 0.2) is 89.8 Å². The lowest BCUT2D eigenvalue weighted by Gasteiger charge is -2.14. The molecule has 0 unspecified atom stereocenters. The molecule has 1 aliphatic rings. The molecule has 1 heterocycles. The Morgan fingerprint density at radius 3 is 2.52 bits per heavy atom. The number of nitrogens with one attached hydrogen (secondary N) is 1. The molecule has 1 N–H and O–H groups in total. The van der Waals surface area contributed by atoms with Gasteiger partial charge in [0, 0.05) is 10.7 Å². The molecule has 1 aliphatic heterocycles. The van der Waals surface area contributed by atoms with E-state index in [0.29, 0.717) is 41.0 Å². The quantitative estimate of drug-likeness (QED) is 0.214. The Morgan fingerprint density at radius 1 is 0.950 bits per heavy atom. The molecule has 4 aromatic carbocycles. The Balaban J connectivity index is 1.28. The van der Waals surface area contributed by atoms with Gasteiger partial charge in [0.15, 0.2) is 11.5 Å². The van der Waals surface area contributed by atoms with Crippen LogP contribution in [0, 0.1) is 0 Å². The average molecular weight is 573 g/mol. The molecular weight excluding hydrogens is 548 g/mol. The predicted octanol–water partition coefficient (Wildman–Crippen LogP) is 7.15. The van der Waals surface area contributed by atoms with Crippen molar-refractivity contribution in [3.63, 3.8) is 0 Å². The fourth-order valence-corrected chi connectivity index (χ4v) is 5.21. The Morgan fingerprint density at radius 2 is 1.73 bits per heavy atom. The van der Waals surface area contributed by atoms with Crippen LogP contribution in [-0.2, 0) is 16.2 Å². The van der Waals surface area contributed by atoms with Gasteiger partial charge < -0.3 is 14.8 Å². The predicted molar refractivity (Wildman–Crippen MR) is 159 cm³/mol. The first-order valence-electron chi connectivity index (χ1n) is 12.6. The van der Waals surface area contributed by atoms with Crippen LogP contribution in [-0.4, -0.2) is 35.1 Å². The zero-order chi connectivity index (χ0) is 28.1. The Kier molecular flexibility index (Phi) is 8.38. The van der Waals surface area contributed by atoms with E-state index in [2.05, 4.69) is 23.5 Å². The molecule has 0 bridgehead atoms. The summed E-state index contributed by atoms with van der Waals surface area (Å²) in [7, 11) is 0. The van der Waals surface area contributed by atoms with Gasteiger partial charge in [-0.05, 0) is 83.1 Å². The number of ether oxygens (including phenoxy) is 2. The summed E-state index contributed by atoms with van der Waals surface area (Å²) < 4.78 is 12.0. The van der Waals surface area contributed by atoms with Crippen LogP contribution >= 0.6 is 23.4 Å². The summed E-state index contributed by atoms with van der Waals surface area (Å²) >= 11 is 6.66. The first-order valence-corrected chi connectivity index (χ1v) is 13.8. The average Bonchev–Trinajstić information content (AvgIpc) is 3.21. The first kappa shape index (κ1) is 27.3. The summed E-state index contributed by atoms with van der Waals surface area (Å²) in [6.45, 7) is 2.27. The molecule has 0 aliphatic carbocycles. The minimum atomic E-state index is -0.532. The molecule has 9 heteroatoms. The van der Waals surface area contributed by atoms with Crippen molar-refractivity contribution in [1.82, 2.24) is 4.90 Å². The summed E-state index contributed by atoms with van der Waals surface area (Å²) in [4.78, 5) is 39.1. The maximum atomic E-state index is 13.0. The molecular formula is C31H25ClN2O5S. The molecule has 0 spiro atoms. The summed E-state index contributed by atoms with van der Waals surface area (Å²) in [6.07, 6.45) is 1.61. The number of benzene rings is 4. The monoisotopic (exact) mass is 572 g/mol. The van der Waals surface area contributed by atoms with Crippen molar-refractivity contribution in [2.75, 3.05) is 18.5 Å². The highest BCUT2D eigenvalue weighted by atomic mass is 35.5. The van der Waals surface area contributed by atoms with E-state index in [9.17, 15) is 14.4 Å². The number of nitrogens with zero attached hydrogens (tertiary/aromatic N) is 1. The number of hydrogen-bond donors (Lipinski definition) is 1. The van der Waals surface area contributed by atoms with Gasteiger partial charge in [-0.1, -0.05) is 60.1 Å². The van der Waals surface area contributed by atoms with Gasteiger partial charge in [0.05, 0.1) is 11.5 Å². The van der Waals surface area contributed by atoms with Crippen LogP contribution < -0.4 is 14.8 Å². The van der Waals surface area contributed by atoms with Crippen LogP contribution in [0.25, 0.3) is 16.8 Å². The molecule has 3 amide bonds. The summed E-state index contributed by atoms with van der Waals surface area (Å²) in [5, 5.41) is 4.94. The van der Waals surface area contributed by atoms with E-state index in [1.807, 2.05) is 31.2 Å². The molecule has 1 saturated heterocycles. The van der Waals surface area contributed by atoms with Gasteiger partial charge in [0.25, 0.3) is 11.1 Å². The molecule has 0 saturated carbocycles. The smallest absolute Gasteiger partial charge is 0.294 e. The number of imide groups is 1. The highest BCUT2D eigenvalue weighted by Crippen LogP contribution is 2.35. The lowest BCUT2D eigenvalue weighted by molar-refractivity contribution is -0.127. The molecule has 5 rings (SSSR count). The third-order valence-electron chi connectivity index (χ3n) is 6.13. The largest absolute Gasteiger partial charge is 0.490 e. The molecule has 7 nitrogen and oxygen atoms in total. The van der Waals surface area contributed by atoms with Gasteiger partial charge >= 0.3 is 0 Å². The van der Waals surface area contributed by atoms with E-state index in [-0.39, 0.29) is 4.91 Å². The second-order valence-electron chi connectivity index (χ2n) is 8.89. The standard InChI is InChI=1S/C31H25ClN2O5S/c1-2-38-27-16-20(10-15-26(27)39-19-22-8-5-7-21-6-3-4-9-25(21)22)17-28-30(36)34(31(37)40-28)18-29(35)33-24-13-11-23(32)12-14-24/h3-17H,2,18-19H2,1H3,(H,33,35)/b28-17+. The van der Waals surface area contributed by atoms with Crippen molar-refractivity contribution in [1.29, 1.82) is 0 Å². The highest BCUT2D eigenvalue weighted by Gasteiger charge is 2.36. The number of anilines is 1. The molecule has 1 fully saturated rings. The van der Waals surface area contributed by atoms with E-state index in [1.165, 1.54) is 0 Å². The van der Waals surface area contributed by atoms with E-state index >= 15 is 0 Å². The Bertz CT molecular complexity index is 1610. The van der Waals surface area contributed by atoms with Gasteiger partial charge in [0.2, 0.25) is 5.91 Å². The number of rotatable bonds is 9. The summed E-state index contributed by atoms with van der Waals surface area (Å²) in [5.74, 6) is 0.0738. The third-order valence-corrected chi connectivity index (χ3v) is 7.29. The number of thioether (sulfide) groups is 1. The maximum absolute atomic E-state index is 13.0. The van der Waals surface area contributed by atoms with Gasteiger partial charge in [-0.15, -0.1) is 0 Å². The zero-order valence-corrected chi connectivity index (χ0v) is 23.1. The molecule has 0 radical (unpaired) electrons. The SMILES string of the molecule is CCOc1cc(/C=C2/SC(=O)N(CC(=O)Nc3ccc(Cl)cc3)C2=O)ccc1OCc1cccc2ccccc12. The molecule has 0 aromatic heterocycles. The summed E-state index contributed by atoms with van der Waals surface area (Å²) in [6, 6.07) is 26.1. The van der Waals surface area contributed by atoms with E-state index in [0.717, 1.165) is 33.0 Å². The normalized spacial score (nSPS) is 14.2. The van der Waals surface area contributed by atoms with E-state index < -0.39 is 23.6 Å². The third kappa shape index (κ3) is 6.30. The van der Waals surface area contributed by atoms with Crippen LogP contribution in [0.3, 0.4) is 0 Å². The van der Waals surface area contributed by atoms with Crippen LogP contribution in [0.5, 0.6) is 11.5 Å². The van der Waals surface area contributed by atoms with E-state index in [1.54, 1.807) is 48.5 Å². The van der Waals surface area contributed by atoms with Crippen molar-refractivity contribution >= 4 is 63.0 Å². The molecule has 202 valence electrons. The lowest BCUT2D eigenvalue weighted by Crippen LogP contribution is -2.36. The number of halogens is 1. The number of fused-ring (bicyclic) bond motifs is 1. The fourth-order valence-electron chi connectivity index (χ4n) is 4.24. The van der Waals surface area contributed by atoms with Gasteiger partial charge in [0.1, 0.15) is 13.2 Å². The van der Waals surface area contributed by atoms with Crippen LogP contribution in [0.4, 0.5) is 10.5 Å². The van der Waals surface area contributed by atoms with Gasteiger partial charge in [-0.3, -0.25) is 19.3 Å². The first-order chi connectivity index (χ1) is 19.4. The van der Waals surface area contributed by atoms with Crippen molar-refractivity contribution in [2.24, 2.45) is 0 Å². The van der Waals surface area contributed by atoms with Gasteiger partial charge in [-0.25, -0.2) is 0 Å². The van der Waals surface area contributed by atoms with Crippen LogP contribution in [0.2, 0.25) is 5.02 Å². The minimum Gasteiger partial charge on any atom is -0.490 e. The number of carbonyl (C=O) groups excluding carboxylic acids is 3. The van der Waals surface area contributed by atoms with Crippen molar-refractivity contribution in [2.45, 2.75) is 13.5 Å². The molecule has 4 aromatic rings. The molecule has 40 heavy (non-hydrogen) atoms.